The summed E-state index contributed by atoms with van der Waals surface area (Å²) in [5, 5.41) is 13.2. The molecule has 164 valence electrons. The smallest absolute Gasteiger partial charge is 0.257 e. The van der Waals surface area contributed by atoms with Crippen LogP contribution in [0.2, 0.25) is 0 Å². The number of hydrogen-bond donors (Lipinski definition) is 0. The third-order valence-electron chi connectivity index (χ3n) is 5.24. The second kappa shape index (κ2) is 9.52. The SMILES string of the molecule is CCOc1ccc(CN2CC(c3noc(-c4cccc(C#N)c4)n3)CC2=O)cc1OCC. The van der Waals surface area contributed by atoms with Gasteiger partial charge in [0.15, 0.2) is 17.3 Å². The van der Waals surface area contributed by atoms with Gasteiger partial charge in [0.05, 0.1) is 24.8 Å². The van der Waals surface area contributed by atoms with E-state index in [1.165, 1.54) is 0 Å². The summed E-state index contributed by atoms with van der Waals surface area (Å²) in [6.45, 7) is 5.91. The van der Waals surface area contributed by atoms with Crippen molar-refractivity contribution >= 4 is 5.91 Å². The Balaban J connectivity index is 1.46. The van der Waals surface area contributed by atoms with Crippen LogP contribution in [0, 0.1) is 11.3 Å². The van der Waals surface area contributed by atoms with Gasteiger partial charge in [-0.1, -0.05) is 17.3 Å². The number of nitriles is 1. The Bertz CT molecular complexity index is 1150. The molecule has 3 aromatic rings. The summed E-state index contributed by atoms with van der Waals surface area (Å²) >= 11 is 0. The van der Waals surface area contributed by atoms with Crippen LogP contribution in [0.1, 0.15) is 43.1 Å². The van der Waals surface area contributed by atoms with Gasteiger partial charge in [-0.3, -0.25) is 4.79 Å². The molecule has 8 heteroatoms. The van der Waals surface area contributed by atoms with Crippen LogP contribution in [0.4, 0.5) is 0 Å². The molecule has 1 atom stereocenters. The van der Waals surface area contributed by atoms with E-state index in [2.05, 4.69) is 16.2 Å². The molecule has 1 aromatic heterocycles. The van der Waals surface area contributed by atoms with Crippen LogP contribution >= 0.6 is 0 Å². The molecule has 1 amide bonds. The maximum absolute atomic E-state index is 12.7. The fourth-order valence-corrected chi connectivity index (χ4v) is 3.75. The van der Waals surface area contributed by atoms with Gasteiger partial charge in [-0.15, -0.1) is 0 Å². The zero-order chi connectivity index (χ0) is 22.5. The van der Waals surface area contributed by atoms with Crippen molar-refractivity contribution in [3.8, 4) is 29.0 Å². The van der Waals surface area contributed by atoms with Gasteiger partial charge in [-0.05, 0) is 49.7 Å². The molecule has 1 aliphatic heterocycles. The van der Waals surface area contributed by atoms with Crippen molar-refractivity contribution in [2.75, 3.05) is 19.8 Å². The zero-order valence-electron chi connectivity index (χ0n) is 18.1. The minimum absolute atomic E-state index is 0.0414. The third-order valence-corrected chi connectivity index (χ3v) is 5.24. The van der Waals surface area contributed by atoms with Crippen molar-refractivity contribution in [2.45, 2.75) is 32.7 Å². The molecule has 2 aromatic carbocycles. The lowest BCUT2D eigenvalue weighted by Crippen LogP contribution is -2.24. The fourth-order valence-electron chi connectivity index (χ4n) is 3.75. The molecule has 1 saturated heterocycles. The highest BCUT2D eigenvalue weighted by Gasteiger charge is 2.34. The Morgan fingerprint density at radius 1 is 1.16 bits per heavy atom. The number of amides is 1. The first kappa shape index (κ1) is 21.4. The first-order chi connectivity index (χ1) is 15.6. The Kier molecular flexibility index (Phi) is 6.36. The first-order valence-corrected chi connectivity index (χ1v) is 10.6. The molecule has 0 spiro atoms. The average molecular weight is 432 g/mol. The highest BCUT2D eigenvalue weighted by Crippen LogP contribution is 2.32. The van der Waals surface area contributed by atoms with Gasteiger partial charge in [0.2, 0.25) is 5.91 Å². The van der Waals surface area contributed by atoms with E-state index in [0.717, 1.165) is 5.56 Å². The maximum Gasteiger partial charge on any atom is 0.257 e. The summed E-state index contributed by atoms with van der Waals surface area (Å²) < 4.78 is 16.7. The van der Waals surface area contributed by atoms with Gasteiger partial charge >= 0.3 is 0 Å². The minimum Gasteiger partial charge on any atom is -0.490 e. The summed E-state index contributed by atoms with van der Waals surface area (Å²) in [5.74, 6) is 2.12. The van der Waals surface area contributed by atoms with Crippen LogP contribution < -0.4 is 9.47 Å². The van der Waals surface area contributed by atoms with E-state index in [-0.39, 0.29) is 11.8 Å². The quantitative estimate of drug-likeness (QED) is 0.532. The van der Waals surface area contributed by atoms with Crippen molar-refractivity contribution in [3.63, 3.8) is 0 Å². The lowest BCUT2D eigenvalue weighted by molar-refractivity contribution is -0.128. The Hall–Kier alpha value is -3.86. The number of carbonyl (C=O) groups excluding carboxylic acids is 1. The number of nitrogens with zero attached hydrogens (tertiary/aromatic N) is 4. The first-order valence-electron chi connectivity index (χ1n) is 10.6. The molecular weight excluding hydrogens is 408 g/mol. The van der Waals surface area contributed by atoms with Gasteiger partial charge in [0, 0.05) is 31.0 Å². The highest BCUT2D eigenvalue weighted by molar-refractivity contribution is 5.79. The van der Waals surface area contributed by atoms with Crippen LogP contribution in [0.3, 0.4) is 0 Å². The molecule has 2 heterocycles. The predicted octanol–water partition coefficient (Wildman–Crippen LogP) is 3.92. The molecule has 1 fully saturated rings. The average Bonchev–Trinajstić information content (AvgIpc) is 3.43. The Labute approximate surface area is 186 Å². The molecule has 1 aliphatic rings. The topological polar surface area (TPSA) is 101 Å². The van der Waals surface area contributed by atoms with Crippen molar-refractivity contribution in [1.29, 1.82) is 5.26 Å². The monoisotopic (exact) mass is 432 g/mol. The van der Waals surface area contributed by atoms with E-state index in [0.29, 0.717) is 67.1 Å². The van der Waals surface area contributed by atoms with Gasteiger partial charge in [-0.25, -0.2) is 0 Å². The summed E-state index contributed by atoms with van der Waals surface area (Å²) in [5.41, 5.74) is 2.17. The molecular formula is C24H24N4O4. The van der Waals surface area contributed by atoms with Crippen molar-refractivity contribution in [3.05, 3.63) is 59.4 Å². The zero-order valence-corrected chi connectivity index (χ0v) is 18.1. The largest absolute Gasteiger partial charge is 0.490 e. The number of likely N-dealkylation sites (tertiary alicyclic amines) is 1. The molecule has 4 rings (SSSR count). The van der Waals surface area contributed by atoms with Gasteiger partial charge in [0.25, 0.3) is 5.89 Å². The van der Waals surface area contributed by atoms with Crippen LogP contribution in [0.5, 0.6) is 11.5 Å². The molecule has 0 N–H and O–H groups in total. The molecule has 0 radical (unpaired) electrons. The highest BCUT2D eigenvalue weighted by atomic mass is 16.5. The van der Waals surface area contributed by atoms with Gasteiger partial charge in [-0.2, -0.15) is 10.2 Å². The third kappa shape index (κ3) is 4.57. The van der Waals surface area contributed by atoms with Crippen LogP contribution in [-0.4, -0.2) is 40.7 Å². The van der Waals surface area contributed by atoms with E-state index in [9.17, 15) is 4.79 Å². The summed E-state index contributed by atoms with van der Waals surface area (Å²) in [6.07, 6.45) is 0.326. The van der Waals surface area contributed by atoms with E-state index in [1.54, 1.807) is 23.1 Å². The van der Waals surface area contributed by atoms with Crippen LogP contribution in [0.15, 0.2) is 47.0 Å². The van der Waals surface area contributed by atoms with Crippen LogP contribution in [-0.2, 0) is 11.3 Å². The lowest BCUT2D eigenvalue weighted by Gasteiger charge is -2.18. The molecule has 8 nitrogen and oxygen atoms in total. The molecule has 0 saturated carbocycles. The number of rotatable bonds is 8. The number of carbonyl (C=O) groups is 1. The van der Waals surface area contributed by atoms with Gasteiger partial charge < -0.3 is 18.9 Å². The van der Waals surface area contributed by atoms with Gasteiger partial charge in [0.1, 0.15) is 0 Å². The van der Waals surface area contributed by atoms with E-state index in [1.807, 2.05) is 38.1 Å². The molecule has 0 aliphatic carbocycles. The number of aromatic nitrogens is 2. The lowest BCUT2D eigenvalue weighted by atomic mass is 10.1. The number of hydrogen-bond acceptors (Lipinski definition) is 7. The van der Waals surface area contributed by atoms with Crippen molar-refractivity contribution < 1.29 is 18.8 Å². The second-order valence-electron chi connectivity index (χ2n) is 7.47. The summed E-state index contributed by atoms with van der Waals surface area (Å²) in [4.78, 5) is 18.9. The molecule has 1 unspecified atom stereocenters. The summed E-state index contributed by atoms with van der Waals surface area (Å²) in [7, 11) is 0. The fraction of sp³-hybridized carbons (Fsp3) is 0.333. The van der Waals surface area contributed by atoms with Crippen molar-refractivity contribution in [2.24, 2.45) is 0 Å². The normalized spacial score (nSPS) is 15.6. The van der Waals surface area contributed by atoms with Crippen molar-refractivity contribution in [1.82, 2.24) is 15.0 Å². The maximum atomic E-state index is 12.7. The minimum atomic E-state index is -0.145. The Morgan fingerprint density at radius 2 is 1.97 bits per heavy atom. The molecule has 0 bridgehead atoms. The van der Waals surface area contributed by atoms with E-state index in [4.69, 9.17) is 19.3 Å². The Morgan fingerprint density at radius 3 is 2.75 bits per heavy atom. The number of benzene rings is 2. The van der Waals surface area contributed by atoms with E-state index >= 15 is 0 Å². The summed E-state index contributed by atoms with van der Waals surface area (Å²) in [6, 6.07) is 14.8. The molecule has 32 heavy (non-hydrogen) atoms. The second-order valence-corrected chi connectivity index (χ2v) is 7.47. The standard InChI is InChI=1S/C24H24N4O4/c1-3-30-20-9-8-17(11-21(20)31-4-2)14-28-15-19(12-22(28)29)23-26-24(32-27-23)18-7-5-6-16(10-18)13-25/h5-11,19H,3-4,12,14-15H2,1-2H3. The van der Waals surface area contributed by atoms with E-state index < -0.39 is 0 Å². The van der Waals surface area contributed by atoms with Crippen LogP contribution in [0.25, 0.3) is 11.5 Å². The predicted molar refractivity (Wildman–Crippen MR) is 116 cm³/mol. The number of ether oxygens (including phenoxy) is 2.